The number of aliphatic imine (C=N–C) groups is 2. The number of carbonyl (C=O) groups is 1. The number of aromatic hydroxyl groups is 1. The second-order valence-electron chi connectivity index (χ2n) is 6.29. The average Bonchev–Trinajstić information content (AvgIpc) is 3.16. The molecule has 0 radical (unpaired) electrons. The molecule has 1 N–H and O–H groups in total. The lowest BCUT2D eigenvalue weighted by Crippen LogP contribution is -2.14. The van der Waals surface area contributed by atoms with Crippen molar-refractivity contribution < 1.29 is 19.2 Å². The lowest BCUT2D eigenvalue weighted by molar-refractivity contribution is 0.183. The summed E-state index contributed by atoms with van der Waals surface area (Å²) < 4.78 is 9.68. The van der Waals surface area contributed by atoms with Gasteiger partial charge in [0.05, 0.1) is 12.8 Å². The number of phenolic OH excluding ortho intramolecular Hbond substituents is 1. The number of amides is 1. The first-order valence-electron chi connectivity index (χ1n) is 8.91. The van der Waals surface area contributed by atoms with E-state index in [9.17, 15) is 9.90 Å². The molecule has 0 aliphatic carbocycles. The second-order valence-corrected chi connectivity index (χ2v) is 7.09. The highest BCUT2D eigenvalue weighted by Crippen LogP contribution is 2.24. The zero-order valence-electron chi connectivity index (χ0n) is 16.9. The van der Waals surface area contributed by atoms with Crippen LogP contribution in [0.25, 0.3) is 11.4 Å². The van der Waals surface area contributed by atoms with Crippen molar-refractivity contribution in [1.82, 2.24) is 10.1 Å². The number of phenols is 1. The molecule has 154 valence electrons. The van der Waals surface area contributed by atoms with E-state index >= 15 is 0 Å². The molecule has 9 heteroatoms. The number of hydrogen-bond acceptors (Lipinski definition) is 8. The highest BCUT2D eigenvalue weighted by molar-refractivity contribution is 8.15. The Hall–Kier alpha value is -3.46. The molecule has 0 aliphatic heterocycles. The molecule has 0 fully saturated rings. The predicted octanol–water partition coefficient (Wildman–Crippen LogP) is 4.71. The molecule has 1 amide bonds. The molecule has 0 saturated heterocycles. The summed E-state index contributed by atoms with van der Waals surface area (Å²) in [7, 11) is 1.26. The highest BCUT2D eigenvalue weighted by Gasteiger charge is 2.16. The minimum atomic E-state index is -0.730. The lowest BCUT2D eigenvalue weighted by atomic mass is 10.1. The van der Waals surface area contributed by atoms with Crippen LogP contribution >= 0.6 is 11.8 Å². The van der Waals surface area contributed by atoms with Crippen LogP contribution in [-0.4, -0.2) is 45.5 Å². The lowest BCUT2D eigenvalue weighted by Gasteiger charge is -2.10. The van der Waals surface area contributed by atoms with Gasteiger partial charge in [-0.2, -0.15) is 9.98 Å². The Bertz CT molecular complexity index is 1100. The first-order chi connectivity index (χ1) is 14.4. The quantitative estimate of drug-likeness (QED) is 0.477. The van der Waals surface area contributed by atoms with Crippen molar-refractivity contribution in [3.05, 3.63) is 59.5 Å². The van der Waals surface area contributed by atoms with Crippen LogP contribution in [0, 0.1) is 13.8 Å². The number of aryl methyl sites for hydroxylation is 2. The molecule has 30 heavy (non-hydrogen) atoms. The van der Waals surface area contributed by atoms with Crippen molar-refractivity contribution >= 4 is 34.3 Å². The van der Waals surface area contributed by atoms with E-state index < -0.39 is 6.09 Å². The van der Waals surface area contributed by atoms with E-state index in [0.717, 1.165) is 11.1 Å². The van der Waals surface area contributed by atoms with Crippen LogP contribution in [0.3, 0.4) is 0 Å². The predicted molar refractivity (Wildman–Crippen MR) is 117 cm³/mol. The zero-order chi connectivity index (χ0) is 21.7. The first kappa shape index (κ1) is 21.3. The smallest absolute Gasteiger partial charge is 0.434 e. The molecule has 2 aromatic carbocycles. The molecule has 3 aromatic rings. The number of carbonyl (C=O) groups excluding carboxylic acids is 1. The van der Waals surface area contributed by atoms with E-state index in [2.05, 4.69) is 19.9 Å². The number of benzene rings is 2. The van der Waals surface area contributed by atoms with E-state index in [1.165, 1.54) is 18.9 Å². The van der Waals surface area contributed by atoms with Gasteiger partial charge in [-0.05, 0) is 61.2 Å². The third-order valence-electron chi connectivity index (χ3n) is 3.99. The molecule has 0 aliphatic rings. The van der Waals surface area contributed by atoms with Crippen LogP contribution in [-0.2, 0) is 4.74 Å². The van der Waals surface area contributed by atoms with E-state index in [0.29, 0.717) is 33.7 Å². The number of methoxy groups -OCH3 is 1. The molecule has 0 bridgehead atoms. The average molecular weight is 424 g/mol. The molecule has 0 unspecified atom stereocenters. The molecule has 1 heterocycles. The topological polar surface area (TPSA) is 110 Å². The van der Waals surface area contributed by atoms with Gasteiger partial charge >= 0.3 is 6.09 Å². The Labute approximate surface area is 177 Å². The second kappa shape index (κ2) is 9.36. The summed E-state index contributed by atoms with van der Waals surface area (Å²) >= 11 is 1.25. The van der Waals surface area contributed by atoms with Gasteiger partial charge in [-0.1, -0.05) is 5.16 Å². The van der Waals surface area contributed by atoms with Crippen molar-refractivity contribution in [3.63, 3.8) is 0 Å². The van der Waals surface area contributed by atoms with E-state index in [4.69, 9.17) is 9.52 Å². The molecule has 8 nitrogen and oxygen atoms in total. The van der Waals surface area contributed by atoms with Crippen LogP contribution < -0.4 is 0 Å². The van der Waals surface area contributed by atoms with E-state index in [-0.39, 0.29) is 5.75 Å². The summed E-state index contributed by atoms with van der Waals surface area (Å²) in [6.07, 6.45) is 1.06. The molecule has 0 saturated carbocycles. The number of aromatic nitrogens is 2. The molecule has 0 atom stereocenters. The maximum atomic E-state index is 11.8. The monoisotopic (exact) mass is 424 g/mol. The Morgan fingerprint density at radius 3 is 2.47 bits per heavy atom. The highest BCUT2D eigenvalue weighted by atomic mass is 32.2. The van der Waals surface area contributed by atoms with Crippen molar-refractivity contribution in [2.75, 3.05) is 13.4 Å². The summed E-state index contributed by atoms with van der Waals surface area (Å²) in [6, 6.07) is 12.3. The Morgan fingerprint density at radius 1 is 1.17 bits per heavy atom. The first-order valence-corrected chi connectivity index (χ1v) is 10.1. The standard InChI is InChI=1S/C21H20N4O4S/c1-12-9-15(11-17(26)10-12)18(20(30-4)24-21(27)28-3)23-16-7-5-14(6-8-16)19-22-13(2)29-25-19/h5-11,26H,1-4H3/b23-18+,24-20-. The number of thioether (sulfide) groups is 1. The summed E-state index contributed by atoms with van der Waals surface area (Å²) in [6.45, 7) is 3.59. The van der Waals surface area contributed by atoms with Crippen LogP contribution in [0.1, 0.15) is 17.0 Å². The Balaban J connectivity index is 2.07. The van der Waals surface area contributed by atoms with Crippen molar-refractivity contribution in [3.8, 4) is 17.1 Å². The summed E-state index contributed by atoms with van der Waals surface area (Å²) in [5.41, 5.74) is 3.33. The maximum Gasteiger partial charge on any atom is 0.434 e. The van der Waals surface area contributed by atoms with Crippen LogP contribution in [0.15, 0.2) is 57.0 Å². The van der Waals surface area contributed by atoms with Crippen LogP contribution in [0.5, 0.6) is 5.75 Å². The van der Waals surface area contributed by atoms with Crippen LogP contribution in [0.2, 0.25) is 0 Å². The van der Waals surface area contributed by atoms with Gasteiger partial charge in [-0.15, -0.1) is 11.8 Å². The van der Waals surface area contributed by atoms with Gasteiger partial charge in [0, 0.05) is 18.1 Å². The summed E-state index contributed by atoms with van der Waals surface area (Å²) in [5.74, 6) is 1.07. The fourth-order valence-corrected chi connectivity index (χ4v) is 3.21. The van der Waals surface area contributed by atoms with Gasteiger partial charge in [-0.25, -0.2) is 9.79 Å². The van der Waals surface area contributed by atoms with Gasteiger partial charge in [0.1, 0.15) is 16.5 Å². The number of ether oxygens (including phenoxy) is 1. The van der Waals surface area contributed by atoms with E-state index in [1.807, 2.05) is 25.1 Å². The third kappa shape index (κ3) is 5.12. The number of nitrogens with zero attached hydrogens (tertiary/aromatic N) is 4. The maximum absolute atomic E-state index is 11.8. The Morgan fingerprint density at radius 2 is 1.90 bits per heavy atom. The molecular weight excluding hydrogens is 404 g/mol. The van der Waals surface area contributed by atoms with Gasteiger partial charge in [0.15, 0.2) is 0 Å². The van der Waals surface area contributed by atoms with Crippen molar-refractivity contribution in [1.29, 1.82) is 0 Å². The molecule has 0 spiro atoms. The SMILES string of the molecule is COC(=O)/N=C(SC)/C(=N/c1ccc(-c2noc(C)n2)cc1)c1cc(C)cc(O)c1. The number of hydrogen-bond donors (Lipinski definition) is 1. The summed E-state index contributed by atoms with van der Waals surface area (Å²) in [4.78, 5) is 24.6. The van der Waals surface area contributed by atoms with Gasteiger partial charge < -0.3 is 14.4 Å². The van der Waals surface area contributed by atoms with Crippen LogP contribution in [0.4, 0.5) is 10.5 Å². The van der Waals surface area contributed by atoms with Gasteiger partial charge in [0.25, 0.3) is 0 Å². The fraction of sp³-hybridized carbons (Fsp3) is 0.190. The van der Waals surface area contributed by atoms with Gasteiger partial charge in [0.2, 0.25) is 11.7 Å². The minimum Gasteiger partial charge on any atom is -0.508 e. The van der Waals surface area contributed by atoms with Gasteiger partial charge in [-0.3, -0.25) is 0 Å². The largest absolute Gasteiger partial charge is 0.508 e. The van der Waals surface area contributed by atoms with Crippen molar-refractivity contribution in [2.24, 2.45) is 9.98 Å². The Kier molecular flexibility index (Phi) is 6.63. The fourth-order valence-electron chi connectivity index (χ4n) is 2.69. The molecular formula is C21H20N4O4S. The number of rotatable bonds is 4. The third-order valence-corrected chi connectivity index (χ3v) is 4.66. The van der Waals surface area contributed by atoms with Crippen molar-refractivity contribution in [2.45, 2.75) is 13.8 Å². The van der Waals surface area contributed by atoms with E-state index in [1.54, 1.807) is 37.4 Å². The summed E-state index contributed by atoms with van der Waals surface area (Å²) in [5, 5.41) is 14.3. The molecule has 1 aromatic heterocycles. The normalized spacial score (nSPS) is 12.1. The molecule has 3 rings (SSSR count). The minimum absolute atomic E-state index is 0.0963. The zero-order valence-corrected chi connectivity index (χ0v) is 17.7.